The van der Waals surface area contributed by atoms with Gasteiger partial charge < -0.3 is 10.6 Å². The average molecular weight is 489 g/mol. The zero-order valence-corrected chi connectivity index (χ0v) is 20.2. The van der Waals surface area contributed by atoms with Gasteiger partial charge in [0.15, 0.2) is 0 Å². The van der Waals surface area contributed by atoms with Crippen molar-refractivity contribution >= 4 is 28.5 Å². The number of aromatic nitrogens is 4. The summed E-state index contributed by atoms with van der Waals surface area (Å²) in [5.41, 5.74) is 0.501. The van der Waals surface area contributed by atoms with Crippen LogP contribution in [0.15, 0.2) is 70.8 Å². The number of hydrogen-bond acceptors (Lipinski definition) is 5. The third-order valence-corrected chi connectivity index (χ3v) is 5.65. The average Bonchev–Trinajstić information content (AvgIpc) is 3.19. The topological polar surface area (TPSA) is 120 Å². The highest BCUT2D eigenvalue weighted by atomic mass is 16.2. The van der Waals surface area contributed by atoms with Crippen molar-refractivity contribution in [3.63, 3.8) is 0 Å². The van der Waals surface area contributed by atoms with E-state index in [4.69, 9.17) is 0 Å². The van der Waals surface area contributed by atoms with Crippen molar-refractivity contribution in [3.05, 3.63) is 93.2 Å². The number of nitrogens with one attached hydrogen (secondary N) is 2. The standard InChI is InChI=1S/C26H28N6O4/c1-4-12-30-24(35)20-11-10-19(23(34)28-14-17(2)3)13-21(20)32-25(30)29-31(26(32)36)16-22(33)27-15-18-8-6-5-7-9-18/h4-11,13,17H,1,12,14-16H2,2-3H3,(H,27,33)(H,28,34). The van der Waals surface area contributed by atoms with E-state index in [0.717, 1.165) is 10.2 Å². The van der Waals surface area contributed by atoms with Crippen molar-refractivity contribution in [2.24, 2.45) is 5.92 Å². The second-order valence-corrected chi connectivity index (χ2v) is 8.88. The van der Waals surface area contributed by atoms with Gasteiger partial charge in [0.1, 0.15) is 6.54 Å². The molecule has 2 aromatic carbocycles. The van der Waals surface area contributed by atoms with E-state index < -0.39 is 11.6 Å². The van der Waals surface area contributed by atoms with Crippen molar-refractivity contribution in [1.29, 1.82) is 0 Å². The summed E-state index contributed by atoms with van der Waals surface area (Å²) in [5.74, 6) is -0.385. The third kappa shape index (κ3) is 4.97. The van der Waals surface area contributed by atoms with Crippen LogP contribution in [0.3, 0.4) is 0 Å². The predicted octanol–water partition coefficient (Wildman–Crippen LogP) is 1.70. The van der Waals surface area contributed by atoms with Gasteiger partial charge in [-0.25, -0.2) is 13.9 Å². The van der Waals surface area contributed by atoms with E-state index in [9.17, 15) is 19.2 Å². The Labute approximate surface area is 206 Å². The number of hydrogen-bond donors (Lipinski definition) is 2. The van der Waals surface area contributed by atoms with E-state index in [1.54, 1.807) is 6.07 Å². The molecule has 0 aliphatic carbocycles. The van der Waals surface area contributed by atoms with Crippen LogP contribution < -0.4 is 21.9 Å². The normalized spacial score (nSPS) is 11.2. The first-order chi connectivity index (χ1) is 17.3. The van der Waals surface area contributed by atoms with E-state index >= 15 is 0 Å². The van der Waals surface area contributed by atoms with Gasteiger partial charge in [-0.1, -0.05) is 50.3 Å². The van der Waals surface area contributed by atoms with Crippen LogP contribution in [-0.4, -0.2) is 37.1 Å². The minimum Gasteiger partial charge on any atom is -0.352 e. The summed E-state index contributed by atoms with van der Waals surface area (Å²) in [6.45, 7) is 8.24. The molecule has 0 saturated carbocycles. The van der Waals surface area contributed by atoms with Gasteiger partial charge in [-0.05, 0) is 29.7 Å². The molecule has 0 radical (unpaired) electrons. The van der Waals surface area contributed by atoms with Crippen molar-refractivity contribution in [3.8, 4) is 0 Å². The summed E-state index contributed by atoms with van der Waals surface area (Å²) in [6, 6.07) is 14.0. The lowest BCUT2D eigenvalue weighted by Gasteiger charge is -2.10. The molecule has 0 fully saturated rings. The van der Waals surface area contributed by atoms with Crippen molar-refractivity contribution in [2.45, 2.75) is 33.5 Å². The number of carbonyl (C=O) groups excluding carboxylic acids is 2. The Balaban J connectivity index is 1.76. The molecule has 36 heavy (non-hydrogen) atoms. The van der Waals surface area contributed by atoms with Gasteiger partial charge in [0, 0.05) is 25.2 Å². The molecule has 0 atom stereocenters. The zero-order chi connectivity index (χ0) is 25.8. The number of allylic oxidation sites excluding steroid dienone is 1. The first-order valence-corrected chi connectivity index (χ1v) is 11.7. The maximum Gasteiger partial charge on any atom is 0.352 e. The van der Waals surface area contributed by atoms with Crippen LogP contribution in [0.5, 0.6) is 0 Å². The summed E-state index contributed by atoms with van der Waals surface area (Å²) >= 11 is 0. The summed E-state index contributed by atoms with van der Waals surface area (Å²) in [7, 11) is 0. The van der Waals surface area contributed by atoms with Crippen molar-refractivity contribution in [1.82, 2.24) is 29.4 Å². The molecule has 186 valence electrons. The molecule has 2 amide bonds. The fourth-order valence-electron chi connectivity index (χ4n) is 3.84. The van der Waals surface area contributed by atoms with Crippen LogP contribution in [-0.2, 0) is 24.4 Å². The Morgan fingerprint density at radius 2 is 1.83 bits per heavy atom. The maximum absolute atomic E-state index is 13.4. The third-order valence-electron chi connectivity index (χ3n) is 5.65. The highest BCUT2D eigenvalue weighted by molar-refractivity contribution is 5.98. The molecule has 10 heteroatoms. The van der Waals surface area contributed by atoms with E-state index in [2.05, 4.69) is 22.3 Å². The first-order valence-electron chi connectivity index (χ1n) is 11.7. The number of benzene rings is 2. The Bertz CT molecular complexity index is 1560. The Morgan fingerprint density at radius 3 is 2.53 bits per heavy atom. The molecule has 4 rings (SSSR count). The van der Waals surface area contributed by atoms with E-state index in [1.165, 1.54) is 27.2 Å². The van der Waals surface area contributed by atoms with Crippen molar-refractivity contribution in [2.75, 3.05) is 6.54 Å². The SMILES string of the molecule is C=CCn1c(=O)c2ccc(C(=O)NCC(C)C)cc2n2c(=O)n(CC(=O)NCc3ccccc3)nc12. The van der Waals surface area contributed by atoms with Gasteiger partial charge in [-0.3, -0.25) is 19.0 Å². The molecule has 2 N–H and O–H groups in total. The van der Waals surface area contributed by atoms with Crippen molar-refractivity contribution < 1.29 is 9.59 Å². The lowest BCUT2D eigenvalue weighted by atomic mass is 10.1. The predicted molar refractivity (Wildman–Crippen MR) is 137 cm³/mol. The quantitative estimate of drug-likeness (QED) is 0.348. The zero-order valence-electron chi connectivity index (χ0n) is 20.2. The number of rotatable bonds is 9. The molecule has 0 unspecified atom stereocenters. The van der Waals surface area contributed by atoms with Crippen LogP contribution >= 0.6 is 0 Å². The van der Waals surface area contributed by atoms with Crippen LogP contribution in [0.25, 0.3) is 16.7 Å². The second-order valence-electron chi connectivity index (χ2n) is 8.88. The largest absolute Gasteiger partial charge is 0.352 e. The maximum atomic E-state index is 13.4. The van der Waals surface area contributed by atoms with Gasteiger partial charge in [-0.15, -0.1) is 11.7 Å². The Hall–Kier alpha value is -4.47. The summed E-state index contributed by atoms with van der Waals surface area (Å²) in [4.78, 5) is 51.8. The van der Waals surface area contributed by atoms with Gasteiger partial charge in [0.05, 0.1) is 10.9 Å². The molecule has 0 spiro atoms. The monoisotopic (exact) mass is 488 g/mol. The lowest BCUT2D eigenvalue weighted by Crippen LogP contribution is -2.32. The second kappa shape index (κ2) is 10.4. The molecule has 10 nitrogen and oxygen atoms in total. The Morgan fingerprint density at radius 1 is 1.08 bits per heavy atom. The Kier molecular flexibility index (Phi) is 7.14. The van der Waals surface area contributed by atoms with Gasteiger partial charge in [0.25, 0.3) is 11.5 Å². The van der Waals surface area contributed by atoms with Crippen LogP contribution in [0.2, 0.25) is 0 Å². The number of nitrogens with zero attached hydrogens (tertiary/aromatic N) is 4. The number of amides is 2. The molecule has 2 aromatic heterocycles. The fourth-order valence-corrected chi connectivity index (χ4v) is 3.84. The van der Waals surface area contributed by atoms with Crippen LogP contribution in [0, 0.1) is 5.92 Å². The summed E-state index contributed by atoms with van der Waals surface area (Å²) in [5, 5.41) is 10.1. The first kappa shape index (κ1) is 24.6. The van der Waals surface area contributed by atoms with Gasteiger partial charge in [0.2, 0.25) is 11.7 Å². The molecule has 2 heterocycles. The minimum atomic E-state index is -0.595. The van der Waals surface area contributed by atoms with E-state index in [1.807, 2.05) is 44.2 Å². The molecular formula is C26H28N6O4. The molecule has 0 bridgehead atoms. The molecule has 0 aliphatic heterocycles. The molecule has 4 aromatic rings. The van der Waals surface area contributed by atoms with Gasteiger partial charge >= 0.3 is 5.69 Å². The molecule has 0 aliphatic rings. The number of fused-ring (bicyclic) bond motifs is 3. The molecular weight excluding hydrogens is 460 g/mol. The van der Waals surface area contributed by atoms with E-state index in [0.29, 0.717) is 18.7 Å². The number of carbonyl (C=O) groups is 2. The van der Waals surface area contributed by atoms with E-state index in [-0.39, 0.29) is 47.2 Å². The smallest absolute Gasteiger partial charge is 0.352 e. The van der Waals surface area contributed by atoms with Gasteiger partial charge in [-0.2, -0.15) is 0 Å². The lowest BCUT2D eigenvalue weighted by molar-refractivity contribution is -0.122. The van der Waals surface area contributed by atoms with Crippen LogP contribution in [0.1, 0.15) is 29.8 Å². The molecule has 0 saturated heterocycles. The highest BCUT2D eigenvalue weighted by Gasteiger charge is 2.19. The highest BCUT2D eigenvalue weighted by Crippen LogP contribution is 2.14. The summed E-state index contributed by atoms with van der Waals surface area (Å²) in [6.07, 6.45) is 1.52. The van der Waals surface area contributed by atoms with Crippen LogP contribution in [0.4, 0.5) is 0 Å². The summed E-state index contributed by atoms with van der Waals surface area (Å²) < 4.78 is 3.58. The minimum absolute atomic E-state index is 0.0630. The fraction of sp³-hybridized carbons (Fsp3) is 0.269.